The Bertz CT molecular complexity index is 884. The topological polar surface area (TPSA) is 99.8 Å². The molecule has 0 radical (unpaired) electrons. The van der Waals surface area contributed by atoms with Gasteiger partial charge in [0.05, 0.1) is 4.90 Å². The maximum atomic E-state index is 12.6. The molecule has 0 bridgehead atoms. The van der Waals surface area contributed by atoms with Crippen LogP contribution in [0, 0.1) is 6.92 Å². The smallest absolute Gasteiger partial charge is 0.318 e. The second-order valence-electron chi connectivity index (χ2n) is 6.19. The molecule has 1 amide bonds. The van der Waals surface area contributed by atoms with Gasteiger partial charge in [-0.15, -0.1) is 5.10 Å². The highest BCUT2D eigenvalue weighted by Crippen LogP contribution is 2.18. The standard InChI is InChI=1S/C16H21N5O4S/c1-12-17-18-16(25-12)21-10-8-20(9-11-21)15(22)13-4-6-14(7-5-13)26(23,24)19(2)3/h4-7H,8-11H2,1-3H3. The van der Waals surface area contributed by atoms with Crippen LogP contribution in [0.3, 0.4) is 0 Å². The SMILES string of the molecule is Cc1nnc(N2CCN(C(=O)c3ccc(S(=O)(=O)N(C)C)cc3)CC2)o1. The third kappa shape index (κ3) is 3.56. The van der Waals surface area contributed by atoms with E-state index in [4.69, 9.17) is 4.42 Å². The molecule has 1 saturated heterocycles. The van der Waals surface area contributed by atoms with Crippen LogP contribution in [0.2, 0.25) is 0 Å². The van der Waals surface area contributed by atoms with Gasteiger partial charge in [-0.05, 0) is 24.3 Å². The minimum absolute atomic E-state index is 0.125. The van der Waals surface area contributed by atoms with E-state index in [0.29, 0.717) is 43.6 Å². The van der Waals surface area contributed by atoms with E-state index >= 15 is 0 Å². The number of anilines is 1. The van der Waals surface area contributed by atoms with Crippen molar-refractivity contribution in [3.05, 3.63) is 35.7 Å². The average Bonchev–Trinajstić information content (AvgIpc) is 3.07. The minimum atomic E-state index is -3.50. The zero-order chi connectivity index (χ0) is 18.9. The summed E-state index contributed by atoms with van der Waals surface area (Å²) in [4.78, 5) is 16.5. The molecule has 0 N–H and O–H groups in total. The van der Waals surface area contributed by atoms with Crippen molar-refractivity contribution in [2.45, 2.75) is 11.8 Å². The Morgan fingerprint density at radius 3 is 2.19 bits per heavy atom. The first-order valence-electron chi connectivity index (χ1n) is 8.16. The quantitative estimate of drug-likeness (QED) is 0.766. The molecule has 1 aliphatic heterocycles. The normalized spacial score (nSPS) is 15.5. The molecule has 1 aromatic carbocycles. The van der Waals surface area contributed by atoms with Gasteiger partial charge in [0.15, 0.2) is 0 Å². The molecule has 0 saturated carbocycles. The lowest BCUT2D eigenvalue weighted by atomic mass is 10.2. The highest BCUT2D eigenvalue weighted by molar-refractivity contribution is 7.89. The highest BCUT2D eigenvalue weighted by Gasteiger charge is 2.25. The number of aromatic nitrogens is 2. The van der Waals surface area contributed by atoms with Crippen molar-refractivity contribution in [3.8, 4) is 0 Å². The largest absolute Gasteiger partial charge is 0.408 e. The van der Waals surface area contributed by atoms with Gasteiger partial charge in [-0.2, -0.15) is 0 Å². The van der Waals surface area contributed by atoms with E-state index in [1.807, 2.05) is 4.90 Å². The zero-order valence-electron chi connectivity index (χ0n) is 14.9. The summed E-state index contributed by atoms with van der Waals surface area (Å²) in [5, 5.41) is 7.80. The molecule has 0 unspecified atom stereocenters. The van der Waals surface area contributed by atoms with E-state index < -0.39 is 10.0 Å². The third-order valence-corrected chi connectivity index (χ3v) is 6.06. The number of amides is 1. The number of carbonyl (C=O) groups is 1. The lowest BCUT2D eigenvalue weighted by molar-refractivity contribution is 0.0745. The van der Waals surface area contributed by atoms with E-state index in [1.54, 1.807) is 24.0 Å². The van der Waals surface area contributed by atoms with Crippen LogP contribution >= 0.6 is 0 Å². The van der Waals surface area contributed by atoms with Crippen LogP contribution in [-0.2, 0) is 10.0 Å². The van der Waals surface area contributed by atoms with Crippen molar-refractivity contribution in [3.63, 3.8) is 0 Å². The number of carbonyl (C=O) groups excluding carboxylic acids is 1. The Morgan fingerprint density at radius 1 is 1.08 bits per heavy atom. The molecule has 0 spiro atoms. The summed E-state index contributed by atoms with van der Waals surface area (Å²) >= 11 is 0. The highest BCUT2D eigenvalue weighted by atomic mass is 32.2. The molecule has 2 aromatic rings. The van der Waals surface area contributed by atoms with Gasteiger partial charge in [-0.25, -0.2) is 12.7 Å². The van der Waals surface area contributed by atoms with Crippen LogP contribution in [0.4, 0.5) is 6.01 Å². The Labute approximate surface area is 152 Å². The van der Waals surface area contributed by atoms with E-state index in [-0.39, 0.29) is 10.8 Å². The van der Waals surface area contributed by atoms with Gasteiger partial charge in [-0.1, -0.05) is 5.10 Å². The van der Waals surface area contributed by atoms with Crippen LogP contribution in [0.5, 0.6) is 0 Å². The number of rotatable bonds is 4. The first kappa shape index (κ1) is 18.3. The van der Waals surface area contributed by atoms with Crippen LogP contribution in [0.1, 0.15) is 16.2 Å². The molecule has 1 aromatic heterocycles. The predicted octanol–water partition coefficient (Wildman–Crippen LogP) is 0.591. The van der Waals surface area contributed by atoms with E-state index in [2.05, 4.69) is 10.2 Å². The monoisotopic (exact) mass is 379 g/mol. The molecule has 26 heavy (non-hydrogen) atoms. The summed E-state index contributed by atoms with van der Waals surface area (Å²) in [5.41, 5.74) is 0.463. The lowest BCUT2D eigenvalue weighted by Crippen LogP contribution is -2.49. The molecular formula is C16H21N5O4S. The van der Waals surface area contributed by atoms with Crippen molar-refractivity contribution in [2.75, 3.05) is 45.2 Å². The van der Waals surface area contributed by atoms with E-state index in [9.17, 15) is 13.2 Å². The van der Waals surface area contributed by atoms with Gasteiger partial charge in [-0.3, -0.25) is 4.79 Å². The maximum Gasteiger partial charge on any atom is 0.318 e. The van der Waals surface area contributed by atoms with Crippen LogP contribution < -0.4 is 4.90 Å². The van der Waals surface area contributed by atoms with Crippen molar-refractivity contribution in [2.24, 2.45) is 0 Å². The summed E-state index contributed by atoms with van der Waals surface area (Å²) in [7, 11) is -0.560. The number of sulfonamides is 1. The Hall–Kier alpha value is -2.46. The van der Waals surface area contributed by atoms with Gasteiger partial charge in [0.1, 0.15) is 0 Å². The Morgan fingerprint density at radius 2 is 1.69 bits per heavy atom. The lowest BCUT2D eigenvalue weighted by Gasteiger charge is -2.33. The summed E-state index contributed by atoms with van der Waals surface area (Å²) < 4.78 is 30.7. The second-order valence-corrected chi connectivity index (χ2v) is 8.35. The van der Waals surface area contributed by atoms with Gasteiger partial charge < -0.3 is 14.2 Å². The third-order valence-electron chi connectivity index (χ3n) is 4.23. The molecule has 10 heteroatoms. The first-order valence-corrected chi connectivity index (χ1v) is 9.60. The van der Waals surface area contributed by atoms with Crippen LogP contribution in [-0.4, -0.2) is 74.0 Å². The molecule has 2 heterocycles. The molecule has 0 aliphatic carbocycles. The van der Waals surface area contributed by atoms with Gasteiger partial charge >= 0.3 is 6.01 Å². The van der Waals surface area contributed by atoms with Crippen LogP contribution in [0.25, 0.3) is 0 Å². The molecule has 1 aliphatic rings. The van der Waals surface area contributed by atoms with Crippen molar-refractivity contribution < 1.29 is 17.6 Å². The number of hydrogen-bond donors (Lipinski definition) is 0. The Kier molecular flexibility index (Phi) is 4.97. The fraction of sp³-hybridized carbons (Fsp3) is 0.438. The van der Waals surface area contributed by atoms with Crippen molar-refractivity contribution in [1.82, 2.24) is 19.4 Å². The van der Waals surface area contributed by atoms with E-state index in [0.717, 1.165) is 4.31 Å². The predicted molar refractivity (Wildman–Crippen MR) is 94.5 cm³/mol. The molecule has 9 nitrogen and oxygen atoms in total. The van der Waals surface area contributed by atoms with Crippen LogP contribution in [0.15, 0.2) is 33.6 Å². The zero-order valence-corrected chi connectivity index (χ0v) is 15.7. The summed E-state index contributed by atoms with van der Waals surface area (Å²) in [5.74, 6) is 0.381. The fourth-order valence-electron chi connectivity index (χ4n) is 2.68. The molecular weight excluding hydrogens is 358 g/mol. The number of nitrogens with zero attached hydrogens (tertiary/aromatic N) is 5. The minimum Gasteiger partial charge on any atom is -0.408 e. The fourth-order valence-corrected chi connectivity index (χ4v) is 3.58. The van der Waals surface area contributed by atoms with Crippen molar-refractivity contribution >= 4 is 21.9 Å². The van der Waals surface area contributed by atoms with Gasteiger partial charge in [0.2, 0.25) is 15.9 Å². The maximum absolute atomic E-state index is 12.6. The number of aryl methyl sites for hydroxylation is 1. The summed E-state index contributed by atoms with van der Waals surface area (Å²) in [6.45, 7) is 3.98. The summed E-state index contributed by atoms with van der Waals surface area (Å²) in [6, 6.07) is 6.48. The molecule has 3 rings (SSSR count). The summed E-state index contributed by atoms with van der Waals surface area (Å²) in [6.07, 6.45) is 0. The first-order chi connectivity index (χ1) is 12.3. The Balaban J connectivity index is 1.65. The van der Waals surface area contributed by atoms with Gasteiger partial charge in [0, 0.05) is 52.8 Å². The molecule has 140 valence electrons. The second kappa shape index (κ2) is 7.04. The molecule has 0 atom stereocenters. The average molecular weight is 379 g/mol. The number of benzene rings is 1. The number of piperazine rings is 1. The van der Waals surface area contributed by atoms with Gasteiger partial charge in [0.25, 0.3) is 5.91 Å². The molecule has 1 fully saturated rings. The number of hydrogen-bond acceptors (Lipinski definition) is 7. The van der Waals surface area contributed by atoms with Crippen molar-refractivity contribution in [1.29, 1.82) is 0 Å². The van der Waals surface area contributed by atoms with E-state index in [1.165, 1.54) is 26.2 Å².